The molecular formula is C18H18N2O3. The summed E-state index contributed by atoms with van der Waals surface area (Å²) in [7, 11) is 0. The number of fused-ring (bicyclic) bond motifs is 1. The Morgan fingerprint density at radius 2 is 1.96 bits per heavy atom. The number of nitrogens with zero attached hydrogens (tertiary/aromatic N) is 2. The molecule has 5 heteroatoms. The Bertz CT molecular complexity index is 851. The number of hydrogen-bond donors (Lipinski definition) is 1. The van der Waals surface area contributed by atoms with E-state index in [0.717, 1.165) is 22.7 Å². The molecule has 0 bridgehead atoms. The second-order valence-corrected chi connectivity index (χ2v) is 5.30. The van der Waals surface area contributed by atoms with Crippen molar-refractivity contribution in [3.63, 3.8) is 0 Å². The molecule has 0 atom stereocenters. The van der Waals surface area contributed by atoms with Crippen LogP contribution < -0.4 is 4.74 Å². The molecule has 2 aromatic heterocycles. The average Bonchev–Trinajstić information content (AvgIpc) is 2.88. The van der Waals surface area contributed by atoms with Gasteiger partial charge in [-0.05, 0) is 50.2 Å². The number of carbonyl (C=O) groups is 1. The number of carboxylic acids is 1. The van der Waals surface area contributed by atoms with Gasteiger partial charge in [-0.1, -0.05) is 6.07 Å². The first kappa shape index (κ1) is 15.1. The zero-order valence-corrected chi connectivity index (χ0v) is 13.1. The number of rotatable bonds is 5. The first-order chi connectivity index (χ1) is 11.1. The summed E-state index contributed by atoms with van der Waals surface area (Å²) in [6.45, 7) is 4.49. The molecule has 118 valence electrons. The van der Waals surface area contributed by atoms with Crippen molar-refractivity contribution >= 4 is 11.6 Å². The number of ether oxygens (including phenoxy) is 1. The van der Waals surface area contributed by atoms with Gasteiger partial charge in [0.15, 0.2) is 0 Å². The minimum absolute atomic E-state index is 0.0748. The first-order valence-electron chi connectivity index (χ1n) is 7.52. The lowest BCUT2D eigenvalue weighted by molar-refractivity contribution is -0.136. The van der Waals surface area contributed by atoms with Crippen molar-refractivity contribution in [1.29, 1.82) is 0 Å². The molecule has 0 radical (unpaired) electrons. The maximum Gasteiger partial charge on any atom is 0.309 e. The fraction of sp³-hybridized carbons (Fsp3) is 0.222. The van der Waals surface area contributed by atoms with Crippen molar-refractivity contribution < 1.29 is 14.6 Å². The minimum Gasteiger partial charge on any atom is -0.494 e. The van der Waals surface area contributed by atoms with Gasteiger partial charge < -0.3 is 14.2 Å². The first-order valence-corrected chi connectivity index (χ1v) is 7.52. The van der Waals surface area contributed by atoms with E-state index in [0.29, 0.717) is 18.0 Å². The second-order valence-electron chi connectivity index (χ2n) is 5.30. The van der Waals surface area contributed by atoms with Gasteiger partial charge in [0.05, 0.1) is 24.4 Å². The molecule has 0 aliphatic rings. The SMILES string of the molecule is CCOc1ccc(-c2nc3cccc(C)n3c2CC(=O)O)cc1. The molecule has 0 saturated carbocycles. The highest BCUT2D eigenvalue weighted by Gasteiger charge is 2.17. The summed E-state index contributed by atoms with van der Waals surface area (Å²) in [6, 6.07) is 13.3. The molecule has 1 aromatic carbocycles. The summed E-state index contributed by atoms with van der Waals surface area (Å²) in [5, 5.41) is 9.26. The Balaban J connectivity index is 2.15. The van der Waals surface area contributed by atoms with Crippen LogP contribution in [0.2, 0.25) is 0 Å². The predicted octanol–water partition coefficient (Wildman–Crippen LogP) is 3.34. The molecule has 3 aromatic rings. The molecule has 0 aliphatic carbocycles. The number of aryl methyl sites for hydroxylation is 1. The topological polar surface area (TPSA) is 63.8 Å². The van der Waals surface area contributed by atoms with Gasteiger partial charge in [0.2, 0.25) is 0 Å². The lowest BCUT2D eigenvalue weighted by Gasteiger charge is -2.07. The van der Waals surface area contributed by atoms with Gasteiger partial charge in [0.1, 0.15) is 11.4 Å². The molecule has 2 heterocycles. The second kappa shape index (κ2) is 6.12. The third-order valence-electron chi connectivity index (χ3n) is 3.69. The molecule has 1 N–H and O–H groups in total. The van der Waals surface area contributed by atoms with Crippen molar-refractivity contribution in [2.75, 3.05) is 6.61 Å². The van der Waals surface area contributed by atoms with Crippen molar-refractivity contribution in [3.8, 4) is 17.0 Å². The highest BCUT2D eigenvalue weighted by atomic mass is 16.5. The molecule has 0 amide bonds. The third-order valence-corrected chi connectivity index (χ3v) is 3.69. The van der Waals surface area contributed by atoms with Gasteiger partial charge in [-0.2, -0.15) is 0 Å². The highest BCUT2D eigenvalue weighted by Crippen LogP contribution is 2.27. The van der Waals surface area contributed by atoms with Gasteiger partial charge >= 0.3 is 5.97 Å². The van der Waals surface area contributed by atoms with E-state index in [1.807, 2.05) is 60.7 Å². The Morgan fingerprint density at radius 3 is 2.61 bits per heavy atom. The predicted molar refractivity (Wildman–Crippen MR) is 87.9 cm³/mol. The summed E-state index contributed by atoms with van der Waals surface area (Å²) in [4.78, 5) is 15.9. The number of benzene rings is 1. The van der Waals surface area contributed by atoms with Crippen molar-refractivity contribution in [2.45, 2.75) is 20.3 Å². The molecule has 0 unspecified atom stereocenters. The van der Waals surface area contributed by atoms with E-state index in [1.165, 1.54) is 0 Å². The molecule has 0 spiro atoms. The average molecular weight is 310 g/mol. The van der Waals surface area contributed by atoms with Crippen LogP contribution in [0.1, 0.15) is 18.3 Å². The van der Waals surface area contributed by atoms with Crippen molar-refractivity contribution in [1.82, 2.24) is 9.38 Å². The number of aliphatic carboxylic acids is 1. The Morgan fingerprint density at radius 1 is 1.22 bits per heavy atom. The van der Waals surface area contributed by atoms with Crippen LogP contribution in [-0.2, 0) is 11.2 Å². The Hall–Kier alpha value is -2.82. The highest BCUT2D eigenvalue weighted by molar-refractivity contribution is 5.76. The molecule has 0 aliphatic heterocycles. The fourth-order valence-electron chi connectivity index (χ4n) is 2.74. The summed E-state index contributed by atoms with van der Waals surface area (Å²) in [5.41, 5.74) is 3.99. The van der Waals surface area contributed by atoms with Crippen LogP contribution in [-0.4, -0.2) is 27.1 Å². The third kappa shape index (κ3) is 2.90. The smallest absolute Gasteiger partial charge is 0.309 e. The van der Waals surface area contributed by atoms with E-state index in [9.17, 15) is 9.90 Å². The van der Waals surface area contributed by atoms with Gasteiger partial charge in [-0.25, -0.2) is 4.98 Å². The Labute approximate surface area is 134 Å². The van der Waals surface area contributed by atoms with E-state index in [4.69, 9.17) is 4.74 Å². The zero-order valence-electron chi connectivity index (χ0n) is 13.1. The monoisotopic (exact) mass is 310 g/mol. The standard InChI is InChI=1S/C18H18N2O3/c1-3-23-14-9-7-13(8-10-14)18-15(11-17(21)22)20-12(2)5-4-6-16(20)19-18/h4-10H,3,11H2,1-2H3,(H,21,22). The number of hydrogen-bond acceptors (Lipinski definition) is 3. The molecular weight excluding hydrogens is 292 g/mol. The van der Waals surface area contributed by atoms with Crippen molar-refractivity contribution in [2.24, 2.45) is 0 Å². The van der Waals surface area contributed by atoms with Crippen LogP contribution in [0.25, 0.3) is 16.9 Å². The summed E-state index contributed by atoms with van der Waals surface area (Å²) in [6.07, 6.45) is -0.0748. The van der Waals surface area contributed by atoms with Crippen LogP contribution in [0.4, 0.5) is 0 Å². The maximum atomic E-state index is 11.3. The normalized spacial score (nSPS) is 10.9. The largest absolute Gasteiger partial charge is 0.494 e. The van der Waals surface area contributed by atoms with Crippen LogP contribution >= 0.6 is 0 Å². The molecule has 23 heavy (non-hydrogen) atoms. The molecule has 0 fully saturated rings. The summed E-state index contributed by atoms with van der Waals surface area (Å²) < 4.78 is 7.35. The van der Waals surface area contributed by atoms with Crippen LogP contribution in [0.15, 0.2) is 42.5 Å². The maximum absolute atomic E-state index is 11.3. The zero-order chi connectivity index (χ0) is 16.4. The lowest BCUT2D eigenvalue weighted by Crippen LogP contribution is -2.06. The van der Waals surface area contributed by atoms with Gasteiger partial charge in [-0.3, -0.25) is 4.79 Å². The van der Waals surface area contributed by atoms with Gasteiger partial charge in [0.25, 0.3) is 0 Å². The molecule has 0 saturated heterocycles. The minimum atomic E-state index is -0.873. The number of imidazole rings is 1. The fourth-order valence-corrected chi connectivity index (χ4v) is 2.74. The van der Waals surface area contributed by atoms with Crippen LogP contribution in [0, 0.1) is 6.92 Å². The van der Waals surface area contributed by atoms with Crippen LogP contribution in [0.5, 0.6) is 5.75 Å². The Kier molecular flexibility index (Phi) is 4.02. The number of pyridine rings is 1. The molecule has 3 rings (SSSR count). The summed E-state index contributed by atoms with van der Waals surface area (Å²) >= 11 is 0. The van der Waals surface area contributed by atoms with E-state index in [1.54, 1.807) is 0 Å². The molecule has 5 nitrogen and oxygen atoms in total. The van der Waals surface area contributed by atoms with Crippen molar-refractivity contribution in [3.05, 3.63) is 53.9 Å². The number of aromatic nitrogens is 2. The van der Waals surface area contributed by atoms with E-state index in [2.05, 4.69) is 4.98 Å². The van der Waals surface area contributed by atoms with E-state index >= 15 is 0 Å². The van der Waals surface area contributed by atoms with E-state index < -0.39 is 5.97 Å². The van der Waals surface area contributed by atoms with Crippen LogP contribution in [0.3, 0.4) is 0 Å². The van der Waals surface area contributed by atoms with E-state index in [-0.39, 0.29) is 6.42 Å². The van der Waals surface area contributed by atoms with Gasteiger partial charge in [0, 0.05) is 11.3 Å². The summed E-state index contributed by atoms with van der Waals surface area (Å²) in [5.74, 6) is -0.0850. The quantitative estimate of drug-likeness (QED) is 0.785. The van der Waals surface area contributed by atoms with Gasteiger partial charge in [-0.15, -0.1) is 0 Å². The lowest BCUT2D eigenvalue weighted by atomic mass is 10.1. The number of carboxylic acid groups (broad SMARTS) is 1.